The zero-order valence-electron chi connectivity index (χ0n) is 16.2. The van der Waals surface area contributed by atoms with E-state index >= 15 is 0 Å². The molecule has 1 aromatic heterocycles. The Morgan fingerprint density at radius 2 is 1.48 bits per heavy atom. The van der Waals surface area contributed by atoms with E-state index in [1.165, 1.54) is 4.90 Å². The lowest BCUT2D eigenvalue weighted by molar-refractivity contribution is 0.0730. The van der Waals surface area contributed by atoms with Crippen LogP contribution in [0.3, 0.4) is 0 Å². The number of hydrogen-bond acceptors (Lipinski definition) is 4. The molecular formula is C24H21N3OS. The van der Waals surface area contributed by atoms with Gasteiger partial charge in [0.2, 0.25) is 0 Å². The van der Waals surface area contributed by atoms with Gasteiger partial charge >= 0.3 is 0 Å². The van der Waals surface area contributed by atoms with E-state index < -0.39 is 0 Å². The fraction of sp³-hybridized carbons (Fsp3) is 0.125. The van der Waals surface area contributed by atoms with Gasteiger partial charge < -0.3 is 4.90 Å². The number of aromatic nitrogens is 2. The molecule has 0 aliphatic heterocycles. The average molecular weight is 400 g/mol. The molecule has 1 amide bonds. The molecule has 1 heterocycles. The second-order valence-electron chi connectivity index (χ2n) is 6.75. The van der Waals surface area contributed by atoms with Crippen molar-refractivity contribution in [3.63, 3.8) is 0 Å². The summed E-state index contributed by atoms with van der Waals surface area (Å²) in [5.74, 6) is -0.0182. The van der Waals surface area contributed by atoms with Crippen molar-refractivity contribution in [2.45, 2.75) is 18.0 Å². The lowest BCUT2D eigenvalue weighted by atomic mass is 10.1. The molecule has 0 radical (unpaired) electrons. The smallest absolute Gasteiger partial charge is 0.254 e. The van der Waals surface area contributed by atoms with Gasteiger partial charge in [-0.15, -0.1) is 11.8 Å². The van der Waals surface area contributed by atoms with Crippen LogP contribution in [0, 0.1) is 0 Å². The van der Waals surface area contributed by atoms with E-state index in [-0.39, 0.29) is 5.91 Å². The van der Waals surface area contributed by atoms with Crippen LogP contribution in [0.2, 0.25) is 0 Å². The van der Waals surface area contributed by atoms with Crippen LogP contribution in [0.4, 0.5) is 0 Å². The van der Waals surface area contributed by atoms with Crippen LogP contribution in [0.1, 0.15) is 21.5 Å². The van der Waals surface area contributed by atoms with Gasteiger partial charge in [-0.3, -0.25) is 14.8 Å². The Morgan fingerprint density at radius 3 is 2.17 bits per heavy atom. The minimum Gasteiger partial charge on any atom is -0.330 e. The summed E-state index contributed by atoms with van der Waals surface area (Å²) in [7, 11) is 0. The highest BCUT2D eigenvalue weighted by molar-refractivity contribution is 7.98. The minimum atomic E-state index is -0.0182. The van der Waals surface area contributed by atoms with Crippen LogP contribution >= 0.6 is 11.8 Å². The molecule has 0 atom stereocenters. The fourth-order valence-corrected chi connectivity index (χ4v) is 3.64. The van der Waals surface area contributed by atoms with Crippen molar-refractivity contribution in [1.29, 1.82) is 0 Å². The van der Waals surface area contributed by atoms with Crippen molar-refractivity contribution in [2.75, 3.05) is 6.26 Å². The first-order valence-corrected chi connectivity index (χ1v) is 10.6. The normalized spacial score (nSPS) is 10.8. The number of carbonyl (C=O) groups excluding carboxylic acids is 1. The standard InChI is InChI=1S/C24H21N3OS/c1-29-21-10-7-19(8-11-21)17-27(16-18-5-3-2-4-6-18)24(28)20-9-12-22-23(15-20)26-14-13-25-22/h2-15H,16-17H2,1H3. The summed E-state index contributed by atoms with van der Waals surface area (Å²) in [6.45, 7) is 1.09. The molecule has 5 heteroatoms. The van der Waals surface area contributed by atoms with Crippen molar-refractivity contribution >= 4 is 28.7 Å². The number of nitrogens with zero attached hydrogens (tertiary/aromatic N) is 3. The molecule has 0 fully saturated rings. The van der Waals surface area contributed by atoms with E-state index in [2.05, 4.69) is 40.5 Å². The van der Waals surface area contributed by atoms with E-state index in [9.17, 15) is 4.79 Å². The Hall–Kier alpha value is -3.18. The number of thioether (sulfide) groups is 1. The van der Waals surface area contributed by atoms with Crippen molar-refractivity contribution in [2.24, 2.45) is 0 Å². The lowest BCUT2D eigenvalue weighted by Gasteiger charge is -2.23. The SMILES string of the molecule is CSc1ccc(CN(Cc2ccccc2)C(=O)c2ccc3nccnc3c2)cc1. The largest absolute Gasteiger partial charge is 0.330 e. The Bertz CT molecular complexity index is 1110. The number of amides is 1. The van der Waals surface area contributed by atoms with E-state index in [0.29, 0.717) is 18.7 Å². The summed E-state index contributed by atoms with van der Waals surface area (Å²) in [5.41, 5.74) is 4.33. The zero-order chi connectivity index (χ0) is 20.1. The Labute approximate surface area is 174 Å². The van der Waals surface area contributed by atoms with E-state index in [4.69, 9.17) is 0 Å². The van der Waals surface area contributed by atoms with Gasteiger partial charge in [-0.2, -0.15) is 0 Å². The number of hydrogen-bond donors (Lipinski definition) is 0. The molecule has 0 saturated carbocycles. The van der Waals surface area contributed by atoms with Gasteiger partial charge in [0.1, 0.15) is 0 Å². The minimum absolute atomic E-state index is 0.0182. The molecule has 0 unspecified atom stereocenters. The summed E-state index contributed by atoms with van der Waals surface area (Å²) in [4.78, 5) is 25.1. The van der Waals surface area contributed by atoms with Gasteiger partial charge in [0.15, 0.2) is 0 Å². The summed E-state index contributed by atoms with van der Waals surface area (Å²) in [6, 6.07) is 23.9. The zero-order valence-corrected chi connectivity index (χ0v) is 17.0. The molecule has 3 aromatic carbocycles. The molecule has 29 heavy (non-hydrogen) atoms. The molecule has 144 valence electrons. The van der Waals surface area contributed by atoms with Gasteiger partial charge in [0.25, 0.3) is 5.91 Å². The van der Waals surface area contributed by atoms with Crippen LogP contribution in [0.25, 0.3) is 11.0 Å². The molecule has 0 aliphatic carbocycles. The van der Waals surface area contributed by atoms with Crippen molar-refractivity contribution in [3.8, 4) is 0 Å². The molecule has 0 saturated heterocycles. The Balaban J connectivity index is 1.64. The molecule has 0 N–H and O–H groups in total. The maximum Gasteiger partial charge on any atom is 0.254 e. The third-order valence-corrected chi connectivity index (χ3v) is 5.50. The highest BCUT2D eigenvalue weighted by Gasteiger charge is 2.17. The summed E-state index contributed by atoms with van der Waals surface area (Å²) < 4.78 is 0. The first-order valence-electron chi connectivity index (χ1n) is 9.40. The first kappa shape index (κ1) is 19.2. The van der Waals surface area contributed by atoms with Gasteiger partial charge in [-0.1, -0.05) is 42.5 Å². The van der Waals surface area contributed by atoms with Gasteiger partial charge in [-0.05, 0) is 47.7 Å². The summed E-state index contributed by atoms with van der Waals surface area (Å²) >= 11 is 1.71. The number of carbonyl (C=O) groups is 1. The quantitative estimate of drug-likeness (QED) is 0.418. The third-order valence-electron chi connectivity index (χ3n) is 4.75. The maximum absolute atomic E-state index is 13.4. The van der Waals surface area contributed by atoms with Crippen molar-refractivity contribution in [3.05, 3.63) is 102 Å². The Morgan fingerprint density at radius 1 is 0.828 bits per heavy atom. The van der Waals surface area contributed by atoms with Crippen LogP contribution < -0.4 is 0 Å². The first-order chi connectivity index (χ1) is 14.2. The highest BCUT2D eigenvalue weighted by atomic mass is 32.2. The van der Waals surface area contributed by atoms with E-state index in [0.717, 1.165) is 22.2 Å². The molecule has 0 spiro atoms. The molecule has 4 aromatic rings. The van der Waals surface area contributed by atoms with E-state index in [1.54, 1.807) is 24.2 Å². The number of fused-ring (bicyclic) bond motifs is 1. The second kappa shape index (κ2) is 8.88. The van der Waals surface area contributed by atoms with Gasteiger partial charge in [0, 0.05) is 35.9 Å². The monoisotopic (exact) mass is 399 g/mol. The van der Waals surface area contributed by atoms with Crippen LogP contribution in [-0.4, -0.2) is 27.0 Å². The number of benzene rings is 3. The Kier molecular flexibility index (Phi) is 5.86. The molecular weight excluding hydrogens is 378 g/mol. The van der Waals surface area contributed by atoms with Crippen LogP contribution in [-0.2, 0) is 13.1 Å². The van der Waals surface area contributed by atoms with Crippen molar-refractivity contribution < 1.29 is 4.79 Å². The predicted octanol–water partition coefficient (Wildman–Crippen LogP) is 5.19. The number of rotatable bonds is 6. The molecule has 0 bridgehead atoms. The third kappa shape index (κ3) is 4.63. The lowest BCUT2D eigenvalue weighted by Crippen LogP contribution is -2.30. The summed E-state index contributed by atoms with van der Waals surface area (Å²) in [6.07, 6.45) is 5.36. The fourth-order valence-electron chi connectivity index (χ4n) is 3.23. The molecule has 4 rings (SSSR count). The maximum atomic E-state index is 13.4. The molecule has 0 aliphatic rings. The topological polar surface area (TPSA) is 46.1 Å². The highest BCUT2D eigenvalue weighted by Crippen LogP contribution is 2.19. The van der Waals surface area contributed by atoms with Crippen LogP contribution in [0.5, 0.6) is 0 Å². The average Bonchev–Trinajstić information content (AvgIpc) is 2.79. The van der Waals surface area contributed by atoms with Gasteiger partial charge in [0.05, 0.1) is 11.0 Å². The van der Waals surface area contributed by atoms with Crippen LogP contribution in [0.15, 0.2) is 90.1 Å². The molecule has 4 nitrogen and oxygen atoms in total. The second-order valence-corrected chi connectivity index (χ2v) is 7.63. The van der Waals surface area contributed by atoms with E-state index in [1.807, 2.05) is 53.4 Å². The van der Waals surface area contributed by atoms with Crippen molar-refractivity contribution in [1.82, 2.24) is 14.9 Å². The van der Waals surface area contributed by atoms with Gasteiger partial charge in [-0.25, -0.2) is 0 Å². The summed E-state index contributed by atoms with van der Waals surface area (Å²) in [5, 5.41) is 0. The predicted molar refractivity (Wildman–Crippen MR) is 118 cm³/mol.